The van der Waals surface area contributed by atoms with Crippen molar-refractivity contribution in [1.29, 1.82) is 0 Å². The second kappa shape index (κ2) is 13.1. The van der Waals surface area contributed by atoms with E-state index in [4.69, 9.17) is 16.6 Å². The van der Waals surface area contributed by atoms with Crippen LogP contribution in [-0.2, 0) is 17.8 Å². The number of nitrogens with zero attached hydrogens (tertiary/aromatic N) is 3. The van der Waals surface area contributed by atoms with E-state index >= 15 is 0 Å². The van der Waals surface area contributed by atoms with Gasteiger partial charge in [0.15, 0.2) is 0 Å². The lowest BCUT2D eigenvalue weighted by Crippen LogP contribution is -2.35. The second-order valence-electron chi connectivity index (χ2n) is 8.56. The molecule has 6 nitrogen and oxygen atoms in total. The predicted molar refractivity (Wildman–Crippen MR) is 138 cm³/mol. The van der Waals surface area contributed by atoms with Gasteiger partial charge in [-0.05, 0) is 62.1 Å². The summed E-state index contributed by atoms with van der Waals surface area (Å²) in [5.41, 5.74) is 2.55. The number of carbonyl (C=O) groups is 2. The number of fused-ring (bicyclic) bond motifs is 1. The van der Waals surface area contributed by atoms with Crippen LogP contribution in [0.2, 0.25) is 5.02 Å². The van der Waals surface area contributed by atoms with E-state index in [0.29, 0.717) is 23.7 Å². The SMILES string of the molecule is CCCN(CCC)C(=O)Cn1c(CCCCCNC(=O)c2ccc(Cl)cc2)nc2ccccc21. The third kappa shape index (κ3) is 7.07. The summed E-state index contributed by atoms with van der Waals surface area (Å²) in [6.45, 7) is 6.73. The fourth-order valence-corrected chi connectivity index (χ4v) is 4.25. The standard InChI is InChI=1S/C27H35ClN4O2/c1-3-18-31(19-4-2)26(33)20-32-24-11-8-7-10-23(24)30-25(32)12-6-5-9-17-29-27(34)21-13-15-22(28)16-14-21/h7-8,10-11,13-16H,3-6,9,12,17-20H2,1-2H3,(H,29,34). The molecule has 1 N–H and O–H groups in total. The number of imidazole rings is 1. The van der Waals surface area contributed by atoms with Gasteiger partial charge in [0.25, 0.3) is 5.91 Å². The molecule has 0 aliphatic carbocycles. The number of hydrogen-bond acceptors (Lipinski definition) is 3. The van der Waals surface area contributed by atoms with Crippen molar-refractivity contribution in [1.82, 2.24) is 19.8 Å². The zero-order chi connectivity index (χ0) is 24.3. The number of rotatable bonds is 13. The number of nitrogens with one attached hydrogen (secondary N) is 1. The van der Waals surface area contributed by atoms with E-state index in [1.807, 2.05) is 29.2 Å². The fraction of sp³-hybridized carbons (Fsp3) is 0.444. The van der Waals surface area contributed by atoms with Gasteiger partial charge in [0.1, 0.15) is 12.4 Å². The molecule has 0 aliphatic rings. The van der Waals surface area contributed by atoms with Crippen LogP contribution in [-0.4, -0.2) is 45.9 Å². The average Bonchev–Trinajstić information content (AvgIpc) is 3.18. The van der Waals surface area contributed by atoms with Crippen LogP contribution in [0.4, 0.5) is 0 Å². The first-order valence-corrected chi connectivity index (χ1v) is 12.7. The van der Waals surface area contributed by atoms with Gasteiger partial charge in [0.05, 0.1) is 11.0 Å². The predicted octanol–water partition coefficient (Wildman–Crippen LogP) is 5.48. The molecular formula is C27H35ClN4O2. The highest BCUT2D eigenvalue weighted by Gasteiger charge is 2.17. The van der Waals surface area contributed by atoms with Gasteiger partial charge in [0, 0.05) is 36.6 Å². The lowest BCUT2D eigenvalue weighted by atomic mass is 10.1. The summed E-state index contributed by atoms with van der Waals surface area (Å²) in [4.78, 5) is 32.0. The van der Waals surface area contributed by atoms with Crippen molar-refractivity contribution in [3.05, 3.63) is 64.9 Å². The van der Waals surface area contributed by atoms with Crippen LogP contribution in [0.3, 0.4) is 0 Å². The number of hydrogen-bond donors (Lipinski definition) is 1. The molecule has 0 aliphatic heterocycles. The van der Waals surface area contributed by atoms with Crippen molar-refractivity contribution < 1.29 is 9.59 Å². The van der Waals surface area contributed by atoms with Crippen LogP contribution < -0.4 is 5.32 Å². The molecule has 0 radical (unpaired) electrons. The molecule has 0 spiro atoms. The molecule has 0 saturated carbocycles. The number of unbranched alkanes of at least 4 members (excludes halogenated alkanes) is 2. The van der Waals surface area contributed by atoms with E-state index in [-0.39, 0.29) is 11.8 Å². The Labute approximate surface area is 207 Å². The van der Waals surface area contributed by atoms with Crippen LogP contribution in [0.15, 0.2) is 48.5 Å². The normalized spacial score (nSPS) is 11.0. The van der Waals surface area contributed by atoms with Crippen molar-refractivity contribution in [3.63, 3.8) is 0 Å². The Balaban J connectivity index is 1.54. The van der Waals surface area contributed by atoms with E-state index in [2.05, 4.69) is 23.7 Å². The molecule has 0 fully saturated rings. The maximum absolute atomic E-state index is 13.0. The highest BCUT2D eigenvalue weighted by atomic mass is 35.5. The number of para-hydroxylation sites is 2. The van der Waals surface area contributed by atoms with Crippen LogP contribution in [0.25, 0.3) is 11.0 Å². The minimum absolute atomic E-state index is 0.0827. The first kappa shape index (κ1) is 25.8. The Bertz CT molecular complexity index is 1070. The van der Waals surface area contributed by atoms with Gasteiger partial charge in [-0.2, -0.15) is 0 Å². The Morgan fingerprint density at radius 1 is 0.971 bits per heavy atom. The summed E-state index contributed by atoms with van der Waals surface area (Å²) in [7, 11) is 0. The first-order valence-electron chi connectivity index (χ1n) is 12.3. The van der Waals surface area contributed by atoms with Crippen molar-refractivity contribution in [2.45, 2.75) is 58.9 Å². The van der Waals surface area contributed by atoms with E-state index in [9.17, 15) is 9.59 Å². The lowest BCUT2D eigenvalue weighted by molar-refractivity contribution is -0.131. The average molecular weight is 483 g/mol. The van der Waals surface area contributed by atoms with Crippen LogP contribution in [0.5, 0.6) is 0 Å². The molecule has 0 saturated heterocycles. The van der Waals surface area contributed by atoms with Gasteiger partial charge in [-0.15, -0.1) is 0 Å². The molecule has 0 unspecified atom stereocenters. The zero-order valence-electron chi connectivity index (χ0n) is 20.2. The molecule has 1 aromatic heterocycles. The Hall–Kier alpha value is -2.86. The second-order valence-corrected chi connectivity index (χ2v) is 8.99. The van der Waals surface area contributed by atoms with Crippen molar-refractivity contribution in [3.8, 4) is 0 Å². The molecule has 3 aromatic rings. The fourth-order valence-electron chi connectivity index (χ4n) is 4.12. The molecule has 7 heteroatoms. The molecule has 3 rings (SSSR count). The zero-order valence-corrected chi connectivity index (χ0v) is 21.0. The minimum atomic E-state index is -0.0827. The van der Waals surface area contributed by atoms with Gasteiger partial charge in [0.2, 0.25) is 5.91 Å². The topological polar surface area (TPSA) is 67.2 Å². The molecule has 2 aromatic carbocycles. The summed E-state index contributed by atoms with van der Waals surface area (Å²) in [6.07, 6.45) is 5.52. The number of aromatic nitrogens is 2. The maximum Gasteiger partial charge on any atom is 0.251 e. The summed E-state index contributed by atoms with van der Waals surface area (Å²) in [5, 5.41) is 3.58. The van der Waals surface area contributed by atoms with Gasteiger partial charge in [-0.1, -0.05) is 44.0 Å². The molecule has 182 valence electrons. The first-order chi connectivity index (χ1) is 16.5. The van der Waals surface area contributed by atoms with E-state index in [1.54, 1.807) is 24.3 Å². The Morgan fingerprint density at radius 2 is 1.68 bits per heavy atom. The van der Waals surface area contributed by atoms with Gasteiger partial charge >= 0.3 is 0 Å². The number of aryl methyl sites for hydroxylation is 1. The highest BCUT2D eigenvalue weighted by Crippen LogP contribution is 2.18. The Morgan fingerprint density at radius 3 is 2.38 bits per heavy atom. The van der Waals surface area contributed by atoms with Crippen LogP contribution >= 0.6 is 11.6 Å². The number of carbonyl (C=O) groups excluding carboxylic acids is 2. The van der Waals surface area contributed by atoms with Crippen molar-refractivity contribution in [2.24, 2.45) is 0 Å². The summed E-state index contributed by atoms with van der Waals surface area (Å²) in [5.74, 6) is 1.02. The van der Waals surface area contributed by atoms with Gasteiger partial charge in [-0.3, -0.25) is 9.59 Å². The molecule has 0 atom stereocenters. The molecule has 1 heterocycles. The Kier molecular flexibility index (Phi) is 9.95. The molecule has 34 heavy (non-hydrogen) atoms. The number of benzene rings is 2. The van der Waals surface area contributed by atoms with Gasteiger partial charge in [-0.25, -0.2) is 4.98 Å². The summed E-state index contributed by atoms with van der Waals surface area (Å²) >= 11 is 5.88. The van der Waals surface area contributed by atoms with E-state index in [1.165, 1.54) is 0 Å². The van der Waals surface area contributed by atoms with Gasteiger partial charge < -0.3 is 14.8 Å². The van der Waals surface area contributed by atoms with Crippen molar-refractivity contribution in [2.75, 3.05) is 19.6 Å². The highest BCUT2D eigenvalue weighted by molar-refractivity contribution is 6.30. The van der Waals surface area contributed by atoms with Crippen molar-refractivity contribution >= 4 is 34.4 Å². The van der Waals surface area contributed by atoms with Crippen LogP contribution in [0, 0.1) is 0 Å². The lowest BCUT2D eigenvalue weighted by Gasteiger charge is -2.22. The minimum Gasteiger partial charge on any atom is -0.352 e. The molecule has 2 amide bonds. The largest absolute Gasteiger partial charge is 0.352 e. The number of halogens is 1. The third-order valence-electron chi connectivity index (χ3n) is 5.84. The maximum atomic E-state index is 13.0. The quantitative estimate of drug-likeness (QED) is 0.328. The molecular weight excluding hydrogens is 448 g/mol. The van der Waals surface area contributed by atoms with E-state index < -0.39 is 0 Å². The monoisotopic (exact) mass is 482 g/mol. The number of amides is 2. The van der Waals surface area contributed by atoms with E-state index in [0.717, 1.165) is 68.5 Å². The summed E-state index contributed by atoms with van der Waals surface area (Å²) < 4.78 is 2.08. The molecule has 0 bridgehead atoms. The smallest absolute Gasteiger partial charge is 0.251 e. The third-order valence-corrected chi connectivity index (χ3v) is 6.09. The summed E-state index contributed by atoms with van der Waals surface area (Å²) in [6, 6.07) is 14.9. The van der Waals surface area contributed by atoms with Crippen LogP contribution in [0.1, 0.15) is 62.1 Å².